The van der Waals surface area contributed by atoms with Gasteiger partial charge in [-0.2, -0.15) is 0 Å². The monoisotopic (exact) mass is 313 g/mol. The molecule has 22 heavy (non-hydrogen) atoms. The summed E-state index contributed by atoms with van der Waals surface area (Å²) in [5.74, 6) is 0. The van der Waals surface area contributed by atoms with Gasteiger partial charge in [0.05, 0.1) is 19.8 Å². The van der Waals surface area contributed by atoms with Crippen molar-refractivity contribution < 1.29 is 19.1 Å². The van der Waals surface area contributed by atoms with E-state index in [2.05, 4.69) is 6.58 Å². The zero-order chi connectivity index (χ0) is 15.7. The van der Waals surface area contributed by atoms with Gasteiger partial charge in [0.2, 0.25) is 0 Å². The van der Waals surface area contributed by atoms with Crippen molar-refractivity contribution in [3.63, 3.8) is 0 Å². The summed E-state index contributed by atoms with van der Waals surface area (Å²) in [5.41, 5.74) is -2.78. The van der Waals surface area contributed by atoms with E-state index in [0.29, 0.717) is 22.7 Å². The zero-order valence-corrected chi connectivity index (χ0v) is 11.7. The number of allylic oxidation sites excluding steroid dienone is 1. The lowest BCUT2D eigenvalue weighted by molar-refractivity contribution is 0.0204. The van der Waals surface area contributed by atoms with Gasteiger partial charge >= 0.3 is 17.1 Å². The van der Waals surface area contributed by atoms with Crippen LogP contribution in [0.1, 0.15) is 0 Å². The van der Waals surface area contributed by atoms with Crippen molar-refractivity contribution in [1.29, 1.82) is 0 Å². The summed E-state index contributed by atoms with van der Waals surface area (Å²) in [6.07, 6.45) is 1.05. The lowest BCUT2D eigenvalue weighted by Crippen LogP contribution is -2.58. The largest absolute Gasteiger partial charge is 0.403 e. The van der Waals surface area contributed by atoms with Crippen LogP contribution in [-0.4, -0.2) is 52.7 Å². The molecule has 2 aliphatic rings. The first-order valence-electron chi connectivity index (χ1n) is 6.71. The Kier molecular flexibility index (Phi) is 3.86. The lowest BCUT2D eigenvalue weighted by atomic mass is 10.5. The average molecular weight is 313 g/mol. The molecule has 10 nitrogen and oxygen atoms in total. The number of ether oxygens (including phenoxy) is 2. The van der Waals surface area contributed by atoms with Gasteiger partial charge in [-0.15, -0.1) is 6.58 Å². The molecule has 0 amide bonds. The van der Waals surface area contributed by atoms with Gasteiger partial charge in [-0.3, -0.25) is 0 Å². The number of hydrogen-bond acceptors (Lipinski definition) is 7. The SMILES string of the molecule is C=CCn1c(=O)n(OCC2CO2)c(=O)n(OCC2CO2)c1=O. The van der Waals surface area contributed by atoms with Crippen molar-refractivity contribution >= 4 is 0 Å². The van der Waals surface area contributed by atoms with Gasteiger partial charge in [0.15, 0.2) is 0 Å². The molecule has 0 bridgehead atoms. The third-order valence-corrected chi connectivity index (χ3v) is 3.05. The first kappa shape index (κ1) is 14.6. The minimum atomic E-state index is -1.00. The van der Waals surface area contributed by atoms with Crippen molar-refractivity contribution in [3.8, 4) is 0 Å². The van der Waals surface area contributed by atoms with E-state index in [4.69, 9.17) is 19.1 Å². The Morgan fingerprint density at radius 3 is 1.82 bits per heavy atom. The van der Waals surface area contributed by atoms with Gasteiger partial charge in [-0.05, 0) is 0 Å². The summed E-state index contributed by atoms with van der Waals surface area (Å²) in [6.45, 7) is 4.47. The molecule has 3 heterocycles. The first-order chi connectivity index (χ1) is 10.6. The lowest BCUT2D eigenvalue weighted by Gasteiger charge is -2.12. The molecule has 120 valence electrons. The maximum absolute atomic E-state index is 12.2. The molecular formula is C12H15N3O7. The van der Waals surface area contributed by atoms with E-state index in [1.165, 1.54) is 6.08 Å². The molecule has 0 radical (unpaired) electrons. The van der Waals surface area contributed by atoms with E-state index in [0.717, 1.165) is 4.57 Å². The fraction of sp³-hybridized carbons (Fsp3) is 0.583. The Bertz CT molecular complexity index is 684. The number of hydrogen-bond donors (Lipinski definition) is 0. The summed E-state index contributed by atoms with van der Waals surface area (Å²) < 4.78 is 11.7. The topological polar surface area (TPSA) is 110 Å². The molecular weight excluding hydrogens is 298 g/mol. The van der Waals surface area contributed by atoms with Crippen molar-refractivity contribution in [2.45, 2.75) is 18.8 Å². The van der Waals surface area contributed by atoms with Crippen LogP contribution in [0.25, 0.3) is 0 Å². The van der Waals surface area contributed by atoms with Crippen LogP contribution in [0, 0.1) is 0 Å². The molecule has 0 spiro atoms. The smallest absolute Gasteiger partial charge is 0.402 e. The standard InChI is InChI=1S/C12H15N3O7/c1-2-3-13-10(16)14(21-6-8-4-19-8)12(18)15(11(13)17)22-7-9-5-20-9/h2,8-9H,1,3-7H2. The highest BCUT2D eigenvalue weighted by atomic mass is 16.7. The maximum Gasteiger partial charge on any atom is 0.403 e. The summed E-state index contributed by atoms with van der Waals surface area (Å²) in [5, 5.41) is 0. The van der Waals surface area contributed by atoms with Crippen LogP contribution in [-0.2, 0) is 16.0 Å². The highest BCUT2D eigenvalue weighted by molar-refractivity contribution is 4.80. The van der Waals surface area contributed by atoms with E-state index >= 15 is 0 Å². The second-order valence-electron chi connectivity index (χ2n) is 4.84. The van der Waals surface area contributed by atoms with Crippen LogP contribution in [0.15, 0.2) is 27.0 Å². The van der Waals surface area contributed by atoms with Gasteiger partial charge in [0.1, 0.15) is 25.4 Å². The van der Waals surface area contributed by atoms with E-state index in [1.54, 1.807) is 0 Å². The summed E-state index contributed by atoms with van der Waals surface area (Å²) >= 11 is 0. The molecule has 2 saturated heterocycles. The fourth-order valence-electron chi connectivity index (χ4n) is 1.70. The van der Waals surface area contributed by atoms with E-state index in [1.807, 2.05) is 0 Å². The Balaban J connectivity index is 1.97. The molecule has 1 aromatic heterocycles. The molecule has 2 atom stereocenters. The maximum atomic E-state index is 12.2. The molecule has 0 aliphatic carbocycles. The normalized spacial score (nSPS) is 22.2. The predicted octanol–water partition coefficient (Wildman–Crippen LogP) is -2.99. The van der Waals surface area contributed by atoms with E-state index in [9.17, 15) is 14.4 Å². The zero-order valence-electron chi connectivity index (χ0n) is 11.7. The third kappa shape index (κ3) is 2.97. The number of epoxide rings is 2. The van der Waals surface area contributed by atoms with Gasteiger partial charge in [0, 0.05) is 0 Å². The molecule has 0 saturated carbocycles. The quantitative estimate of drug-likeness (QED) is 0.372. The van der Waals surface area contributed by atoms with Gasteiger partial charge in [0.25, 0.3) is 0 Å². The highest BCUT2D eigenvalue weighted by Gasteiger charge is 2.27. The van der Waals surface area contributed by atoms with Gasteiger partial charge < -0.3 is 19.1 Å². The second kappa shape index (κ2) is 5.81. The van der Waals surface area contributed by atoms with Crippen molar-refractivity contribution in [2.75, 3.05) is 26.4 Å². The van der Waals surface area contributed by atoms with Crippen LogP contribution in [0.5, 0.6) is 0 Å². The summed E-state index contributed by atoms with van der Waals surface area (Å²) in [4.78, 5) is 46.8. The van der Waals surface area contributed by atoms with E-state index < -0.39 is 17.1 Å². The highest BCUT2D eigenvalue weighted by Crippen LogP contribution is 2.07. The Hall–Kier alpha value is -2.33. The minimum absolute atomic E-state index is 0.0349. The molecule has 3 rings (SSSR count). The summed E-state index contributed by atoms with van der Waals surface area (Å²) in [7, 11) is 0. The molecule has 2 aliphatic heterocycles. The molecule has 0 N–H and O–H groups in total. The molecule has 2 unspecified atom stereocenters. The van der Waals surface area contributed by atoms with Gasteiger partial charge in [-0.1, -0.05) is 15.5 Å². The number of rotatable bonds is 8. The third-order valence-electron chi connectivity index (χ3n) is 3.05. The second-order valence-corrected chi connectivity index (χ2v) is 4.84. The molecule has 0 aromatic carbocycles. The van der Waals surface area contributed by atoms with Gasteiger partial charge in [-0.25, -0.2) is 19.0 Å². The Morgan fingerprint density at radius 2 is 1.45 bits per heavy atom. The molecule has 10 heteroatoms. The Labute approximate surface area is 123 Å². The van der Waals surface area contributed by atoms with E-state index in [-0.39, 0.29) is 32.0 Å². The molecule has 2 fully saturated rings. The average Bonchev–Trinajstić information content (AvgIpc) is 3.36. The Morgan fingerprint density at radius 1 is 1.00 bits per heavy atom. The van der Waals surface area contributed by atoms with Crippen LogP contribution >= 0.6 is 0 Å². The first-order valence-corrected chi connectivity index (χ1v) is 6.71. The van der Waals surface area contributed by atoms with Crippen molar-refractivity contribution in [1.82, 2.24) is 14.0 Å². The predicted molar refractivity (Wildman–Crippen MR) is 71.8 cm³/mol. The minimum Gasteiger partial charge on any atom is -0.402 e. The van der Waals surface area contributed by atoms with Crippen LogP contribution in [0.2, 0.25) is 0 Å². The molecule has 1 aromatic rings. The number of aromatic nitrogens is 3. The van der Waals surface area contributed by atoms with Crippen LogP contribution in [0.4, 0.5) is 0 Å². The fourth-order valence-corrected chi connectivity index (χ4v) is 1.70. The number of nitrogens with zero attached hydrogens (tertiary/aromatic N) is 3. The van der Waals surface area contributed by atoms with Crippen molar-refractivity contribution in [3.05, 3.63) is 44.1 Å². The summed E-state index contributed by atoms with van der Waals surface area (Å²) in [6, 6.07) is 0. The van der Waals surface area contributed by atoms with Crippen LogP contribution < -0.4 is 26.7 Å². The van der Waals surface area contributed by atoms with Crippen molar-refractivity contribution in [2.24, 2.45) is 0 Å². The van der Waals surface area contributed by atoms with Crippen LogP contribution in [0.3, 0.4) is 0 Å².